The van der Waals surface area contributed by atoms with Crippen LogP contribution in [0.25, 0.3) is 6.08 Å². The number of para-hydroxylation sites is 1. The van der Waals surface area contributed by atoms with Crippen LogP contribution in [0, 0.1) is 5.92 Å². The lowest BCUT2D eigenvalue weighted by Crippen LogP contribution is -2.64. The Labute approximate surface area is 256 Å². The Morgan fingerprint density at radius 3 is 2.50 bits per heavy atom. The Morgan fingerprint density at radius 2 is 1.77 bits per heavy atom. The largest absolute Gasteiger partial charge is 0.492 e. The third-order valence-electron chi connectivity index (χ3n) is 8.40. The normalized spacial score (nSPS) is 23.2. The summed E-state index contributed by atoms with van der Waals surface area (Å²) in [7, 11) is 0. The van der Waals surface area contributed by atoms with E-state index in [0.29, 0.717) is 44.6 Å². The van der Waals surface area contributed by atoms with Crippen LogP contribution >= 0.6 is 0 Å². The number of fused-ring (bicyclic) bond motifs is 1. The van der Waals surface area contributed by atoms with E-state index in [-0.39, 0.29) is 30.4 Å². The molecule has 0 aromatic heterocycles. The van der Waals surface area contributed by atoms with Gasteiger partial charge in [-0.1, -0.05) is 81.7 Å². The monoisotopic (exact) mass is 614 g/mol. The number of carbonyl (C=O) groups excluding carboxylic acids is 3. The fourth-order valence-electron chi connectivity index (χ4n) is 5.70. The van der Waals surface area contributed by atoms with Gasteiger partial charge in [0.2, 0.25) is 17.7 Å². The number of hydrogen-bond donors (Lipinski definition) is 4. The average Bonchev–Trinajstić information content (AvgIpc) is 3.48. The van der Waals surface area contributed by atoms with Gasteiger partial charge in [-0.15, -0.1) is 0 Å². The van der Waals surface area contributed by atoms with Crippen molar-refractivity contribution in [2.24, 2.45) is 5.92 Å². The maximum absolute atomic E-state index is 13.9. The number of halogens is 3. The fourth-order valence-corrected chi connectivity index (χ4v) is 5.70. The van der Waals surface area contributed by atoms with E-state index in [0.717, 1.165) is 24.1 Å². The predicted octanol–water partition coefficient (Wildman–Crippen LogP) is 4.39. The minimum atomic E-state index is -4.55. The first-order valence-corrected chi connectivity index (χ1v) is 15.2. The van der Waals surface area contributed by atoms with E-state index in [1.165, 1.54) is 12.1 Å². The number of alkyl halides is 3. The summed E-state index contributed by atoms with van der Waals surface area (Å²) >= 11 is 0. The molecule has 0 unspecified atom stereocenters. The number of carbonyl (C=O) groups is 3. The van der Waals surface area contributed by atoms with Gasteiger partial charge in [-0.25, -0.2) is 0 Å². The van der Waals surface area contributed by atoms with Crippen LogP contribution in [0.5, 0.6) is 5.75 Å². The van der Waals surface area contributed by atoms with E-state index in [1.54, 1.807) is 12.2 Å². The Morgan fingerprint density at radius 1 is 1.02 bits per heavy atom. The number of rotatable bonds is 4. The minimum Gasteiger partial charge on any atom is -0.492 e. The zero-order chi connectivity index (χ0) is 31.7. The smallest absolute Gasteiger partial charge is 0.416 e. The average molecular weight is 615 g/mol. The van der Waals surface area contributed by atoms with Crippen molar-refractivity contribution >= 4 is 23.8 Å². The molecule has 2 aromatic rings. The summed E-state index contributed by atoms with van der Waals surface area (Å²) in [6, 6.07) is 10.4. The molecule has 4 rings (SSSR count). The number of ether oxygens (including phenoxy) is 1. The van der Waals surface area contributed by atoms with Crippen LogP contribution in [0.3, 0.4) is 0 Å². The molecular weight excluding hydrogens is 573 g/mol. The first-order valence-electron chi connectivity index (χ1n) is 15.2. The molecule has 1 spiro atoms. The highest BCUT2D eigenvalue weighted by molar-refractivity contribution is 5.96. The molecule has 1 heterocycles. The van der Waals surface area contributed by atoms with Gasteiger partial charge in [-0.3, -0.25) is 14.4 Å². The highest BCUT2D eigenvalue weighted by Crippen LogP contribution is 2.32. The molecule has 4 N–H and O–H groups in total. The second-order valence-electron chi connectivity index (χ2n) is 11.6. The molecule has 11 heteroatoms. The van der Waals surface area contributed by atoms with Crippen LogP contribution in [-0.2, 0) is 27.0 Å². The maximum atomic E-state index is 13.9. The van der Waals surface area contributed by atoms with Crippen LogP contribution in [0.4, 0.5) is 13.2 Å². The summed E-state index contributed by atoms with van der Waals surface area (Å²) in [6.07, 6.45) is 1.73. The Bertz CT molecular complexity index is 1340. The van der Waals surface area contributed by atoms with Crippen LogP contribution < -0.4 is 26.0 Å². The van der Waals surface area contributed by atoms with Crippen molar-refractivity contribution in [1.82, 2.24) is 21.3 Å². The molecule has 0 saturated heterocycles. The van der Waals surface area contributed by atoms with Crippen molar-refractivity contribution in [1.29, 1.82) is 0 Å². The molecule has 0 radical (unpaired) electrons. The van der Waals surface area contributed by atoms with Gasteiger partial charge in [0.25, 0.3) is 0 Å². The number of nitrogens with one attached hydrogen (secondary N) is 4. The second kappa shape index (κ2) is 14.7. The SMILES string of the molecule is CC[C@H](C)[C@@H]1NCCOc2ccccc2/C=C\CNC(=O)[C@H](Cc2cccc(C(F)(F)F)c2)NC(=O)C2(CCCC2)NC1=O. The van der Waals surface area contributed by atoms with Gasteiger partial charge in [0.15, 0.2) is 0 Å². The lowest BCUT2D eigenvalue weighted by atomic mass is 9.92. The molecule has 2 aliphatic rings. The molecule has 44 heavy (non-hydrogen) atoms. The third-order valence-corrected chi connectivity index (χ3v) is 8.40. The zero-order valence-electron chi connectivity index (χ0n) is 25.1. The fraction of sp³-hybridized carbons (Fsp3) is 0.485. The molecule has 1 fully saturated rings. The highest BCUT2D eigenvalue weighted by atomic mass is 19.4. The molecule has 1 aliphatic carbocycles. The second-order valence-corrected chi connectivity index (χ2v) is 11.6. The van der Waals surface area contributed by atoms with Crippen molar-refractivity contribution in [2.75, 3.05) is 19.7 Å². The van der Waals surface area contributed by atoms with E-state index in [9.17, 15) is 27.6 Å². The summed E-state index contributed by atoms with van der Waals surface area (Å²) < 4.78 is 46.3. The zero-order valence-corrected chi connectivity index (χ0v) is 25.1. The minimum absolute atomic E-state index is 0.0447. The molecule has 3 amide bonds. The molecule has 8 nitrogen and oxygen atoms in total. The van der Waals surface area contributed by atoms with E-state index < -0.39 is 41.2 Å². The summed E-state index contributed by atoms with van der Waals surface area (Å²) in [5, 5.41) is 11.9. The number of amides is 3. The first-order chi connectivity index (χ1) is 21.0. The van der Waals surface area contributed by atoms with Crippen molar-refractivity contribution in [2.45, 2.75) is 76.2 Å². The van der Waals surface area contributed by atoms with Crippen LogP contribution in [0.2, 0.25) is 0 Å². The van der Waals surface area contributed by atoms with Gasteiger partial charge in [-0.2, -0.15) is 13.2 Å². The van der Waals surface area contributed by atoms with Crippen molar-refractivity contribution in [3.63, 3.8) is 0 Å². The summed E-state index contributed by atoms with van der Waals surface area (Å²) in [6.45, 7) is 4.77. The Kier molecular flexibility index (Phi) is 11.1. The molecule has 1 aliphatic heterocycles. The van der Waals surface area contributed by atoms with Gasteiger partial charge in [0.05, 0.1) is 11.6 Å². The number of hydrogen-bond acceptors (Lipinski definition) is 5. The lowest BCUT2D eigenvalue weighted by Gasteiger charge is -2.34. The standard InChI is InChI=1S/C33H41F3N4O4/c1-3-22(2)28-30(42)40-32(15-6-7-16-32)31(43)39-26(21-23-10-8-13-25(20-23)33(34,35)36)29(41)38-17-9-12-24-11-4-5-14-27(24)44-19-18-37-28/h4-5,8-14,20,22,26,28,37H,3,6-7,15-19,21H2,1-2H3,(H,38,41)(H,39,43)(H,40,42)/b12-9-/t22-,26-,28-/m0/s1. The van der Waals surface area contributed by atoms with Gasteiger partial charge in [0.1, 0.15) is 23.9 Å². The van der Waals surface area contributed by atoms with Crippen LogP contribution in [-0.4, -0.2) is 55.0 Å². The molecule has 3 atom stereocenters. The van der Waals surface area contributed by atoms with Gasteiger partial charge in [-0.05, 0) is 36.5 Å². The third kappa shape index (κ3) is 8.40. The molecule has 1 saturated carbocycles. The van der Waals surface area contributed by atoms with Crippen LogP contribution in [0.15, 0.2) is 54.6 Å². The summed E-state index contributed by atoms with van der Waals surface area (Å²) in [4.78, 5) is 41.0. The lowest BCUT2D eigenvalue weighted by molar-refractivity contribution is -0.137. The van der Waals surface area contributed by atoms with Crippen molar-refractivity contribution in [3.05, 3.63) is 71.3 Å². The molecule has 0 bridgehead atoms. The molecule has 238 valence electrons. The van der Waals surface area contributed by atoms with Gasteiger partial charge in [0, 0.05) is 25.1 Å². The molecule has 2 aromatic carbocycles. The van der Waals surface area contributed by atoms with Crippen LogP contribution in [0.1, 0.15) is 62.6 Å². The van der Waals surface area contributed by atoms with E-state index in [4.69, 9.17) is 4.74 Å². The van der Waals surface area contributed by atoms with E-state index in [2.05, 4.69) is 21.3 Å². The summed E-state index contributed by atoms with van der Waals surface area (Å²) in [5.74, 6) is -0.796. The Hall–Kier alpha value is -3.86. The van der Waals surface area contributed by atoms with Crippen molar-refractivity contribution in [3.8, 4) is 5.75 Å². The summed E-state index contributed by atoms with van der Waals surface area (Å²) in [5.41, 5.74) is -1.04. The van der Waals surface area contributed by atoms with Crippen molar-refractivity contribution < 1.29 is 32.3 Å². The van der Waals surface area contributed by atoms with Gasteiger partial charge >= 0.3 is 6.18 Å². The topological polar surface area (TPSA) is 109 Å². The predicted molar refractivity (Wildman–Crippen MR) is 162 cm³/mol. The molecular formula is C33H41F3N4O4. The quantitative estimate of drug-likeness (QED) is 0.409. The Balaban J connectivity index is 1.66. The van der Waals surface area contributed by atoms with E-state index in [1.807, 2.05) is 38.1 Å². The highest BCUT2D eigenvalue weighted by Gasteiger charge is 2.45. The maximum Gasteiger partial charge on any atom is 0.416 e. The van der Waals surface area contributed by atoms with E-state index >= 15 is 0 Å². The number of benzene rings is 2. The first kappa shape index (κ1) is 33.0. The van der Waals surface area contributed by atoms with Gasteiger partial charge < -0.3 is 26.0 Å².